The molecule has 0 atom stereocenters. The molecule has 1 radical (unpaired) electrons. The maximum atomic E-state index is 11.9. The molecule has 0 saturated carbocycles. The summed E-state index contributed by atoms with van der Waals surface area (Å²) in [5.74, 6) is 0.801. The van der Waals surface area contributed by atoms with Gasteiger partial charge in [0.25, 0.3) is 0 Å². The van der Waals surface area contributed by atoms with Crippen molar-refractivity contribution >= 4 is 0 Å². The van der Waals surface area contributed by atoms with Crippen molar-refractivity contribution in [3.05, 3.63) is 52.3 Å². The number of nitrogens with zero attached hydrogens (tertiary/aromatic N) is 1. The van der Waals surface area contributed by atoms with Crippen LogP contribution in [-0.2, 0) is 44.0 Å². The monoisotopic (exact) mass is 375 g/mol. The Kier molecular flexibility index (Phi) is 8.01. The molecule has 0 fully saturated rings. The van der Waals surface area contributed by atoms with Gasteiger partial charge in [-0.25, -0.2) is 0 Å². The van der Waals surface area contributed by atoms with Gasteiger partial charge in [-0.05, 0) is 19.1 Å². The van der Waals surface area contributed by atoms with Gasteiger partial charge < -0.3 is 14.0 Å². The largest absolute Gasteiger partial charge is 0.491 e. The van der Waals surface area contributed by atoms with E-state index in [1.165, 1.54) is 6.07 Å². The fourth-order valence-electron chi connectivity index (χ4n) is 2.24. The average molecular weight is 375 g/mol. The van der Waals surface area contributed by atoms with Gasteiger partial charge in [0.2, 0.25) is 0 Å². The van der Waals surface area contributed by atoms with Crippen LogP contribution in [-0.4, -0.2) is 24.9 Å². The molecule has 0 unspecified atom stereocenters. The Bertz CT molecular complexity index is 667. The van der Waals surface area contributed by atoms with Gasteiger partial charge in [0, 0.05) is 46.4 Å². The quantitative estimate of drug-likeness (QED) is 0.576. The molecule has 0 aliphatic rings. The van der Waals surface area contributed by atoms with Crippen molar-refractivity contribution in [3.63, 3.8) is 0 Å². The molecule has 0 saturated heterocycles. The molecule has 0 spiro atoms. The number of pyridine rings is 1. The van der Waals surface area contributed by atoms with Crippen molar-refractivity contribution in [2.45, 2.75) is 20.4 Å². The molecule has 0 aliphatic heterocycles. The number of ether oxygens (including phenoxy) is 2. The van der Waals surface area contributed by atoms with Gasteiger partial charge in [-0.15, -0.1) is 6.07 Å². The maximum absolute atomic E-state index is 11.9. The fourth-order valence-corrected chi connectivity index (χ4v) is 2.24. The van der Waals surface area contributed by atoms with Crippen LogP contribution in [0.5, 0.6) is 5.75 Å². The van der Waals surface area contributed by atoms with Gasteiger partial charge in [-0.2, -0.15) is 12.1 Å². The Balaban J connectivity index is 0.00000242. The van der Waals surface area contributed by atoms with Crippen LogP contribution in [0.4, 0.5) is 0 Å². The minimum Gasteiger partial charge on any atom is -0.491 e. The molecule has 1 heterocycles. The summed E-state index contributed by atoms with van der Waals surface area (Å²) >= 11 is 0. The summed E-state index contributed by atoms with van der Waals surface area (Å²) in [5.41, 5.74) is 2.85. The van der Waals surface area contributed by atoms with Crippen LogP contribution in [0.25, 0.3) is 11.3 Å². The molecule has 2 rings (SSSR count). The summed E-state index contributed by atoms with van der Waals surface area (Å²) < 4.78 is 12.3. The zero-order chi connectivity index (χ0) is 15.2. The second-order valence-electron chi connectivity index (χ2n) is 4.73. The predicted octanol–water partition coefficient (Wildman–Crippen LogP) is 2.67. The smallest absolute Gasteiger partial charge is 0.194 e. The SMILES string of the molecule is CCn1c(-c2ccc(OCCOC)cc2C)[c-]ccc1=O.[Y]. The summed E-state index contributed by atoms with van der Waals surface area (Å²) in [6.07, 6.45) is 0. The van der Waals surface area contributed by atoms with Crippen molar-refractivity contribution in [2.24, 2.45) is 0 Å². The molecular weight excluding hydrogens is 355 g/mol. The second-order valence-corrected chi connectivity index (χ2v) is 4.73. The number of methoxy groups -OCH3 is 1. The van der Waals surface area contributed by atoms with Crippen molar-refractivity contribution in [1.82, 2.24) is 4.57 Å². The van der Waals surface area contributed by atoms with Gasteiger partial charge in [0.15, 0.2) is 5.56 Å². The molecule has 22 heavy (non-hydrogen) atoms. The Hall–Kier alpha value is -0.966. The number of aryl methyl sites for hydroxylation is 1. The molecule has 5 heteroatoms. The average Bonchev–Trinajstić information content (AvgIpc) is 2.47. The Labute approximate surface area is 156 Å². The van der Waals surface area contributed by atoms with E-state index < -0.39 is 0 Å². The van der Waals surface area contributed by atoms with Crippen LogP contribution in [0.3, 0.4) is 0 Å². The zero-order valence-electron chi connectivity index (χ0n) is 13.3. The Morgan fingerprint density at radius 2 is 2.00 bits per heavy atom. The van der Waals surface area contributed by atoms with Crippen LogP contribution >= 0.6 is 0 Å². The molecule has 115 valence electrons. The van der Waals surface area contributed by atoms with Crippen molar-refractivity contribution < 1.29 is 42.2 Å². The summed E-state index contributed by atoms with van der Waals surface area (Å²) in [6.45, 7) is 5.66. The molecular formula is C17H20NO3Y-. The molecule has 2 aromatic rings. The topological polar surface area (TPSA) is 40.5 Å². The molecule has 4 nitrogen and oxygen atoms in total. The van der Waals surface area contributed by atoms with Crippen LogP contribution in [0.2, 0.25) is 0 Å². The first-order valence-corrected chi connectivity index (χ1v) is 7.01. The third kappa shape index (κ3) is 4.51. The summed E-state index contributed by atoms with van der Waals surface area (Å²) in [6, 6.07) is 12.2. The first-order chi connectivity index (χ1) is 10.2. The second kappa shape index (κ2) is 9.24. The van der Waals surface area contributed by atoms with Crippen molar-refractivity contribution in [1.29, 1.82) is 0 Å². The molecule has 0 aliphatic carbocycles. The van der Waals surface area contributed by atoms with Crippen molar-refractivity contribution in [2.75, 3.05) is 20.3 Å². The molecule has 0 amide bonds. The maximum Gasteiger partial charge on any atom is 0.194 e. The van der Waals surface area contributed by atoms with E-state index in [1.54, 1.807) is 17.7 Å². The van der Waals surface area contributed by atoms with Gasteiger partial charge in [-0.1, -0.05) is 29.8 Å². The summed E-state index contributed by atoms with van der Waals surface area (Å²) in [4.78, 5) is 11.9. The zero-order valence-corrected chi connectivity index (χ0v) is 16.1. The molecule has 1 aromatic carbocycles. The van der Waals surface area contributed by atoms with Crippen molar-refractivity contribution in [3.8, 4) is 17.0 Å². The third-order valence-electron chi connectivity index (χ3n) is 3.31. The number of hydrogen-bond donors (Lipinski definition) is 0. The number of hydrogen-bond acceptors (Lipinski definition) is 3. The molecule has 1 aromatic heterocycles. The minimum absolute atomic E-state index is 0. The summed E-state index contributed by atoms with van der Waals surface area (Å²) in [5, 5.41) is 0. The van der Waals surface area contributed by atoms with E-state index in [2.05, 4.69) is 6.07 Å². The van der Waals surface area contributed by atoms with E-state index >= 15 is 0 Å². The normalized spacial score (nSPS) is 10.1. The number of benzene rings is 1. The standard InChI is InChI=1S/C17H20NO3.Y/c1-4-18-16(6-5-7-17(18)19)15-9-8-14(12-13(15)2)21-11-10-20-3;/h5,7-9,12H,4,10-11H2,1-3H3;/q-1;. The van der Waals surface area contributed by atoms with Gasteiger partial charge >= 0.3 is 0 Å². The minimum atomic E-state index is -0.00827. The third-order valence-corrected chi connectivity index (χ3v) is 3.31. The van der Waals surface area contributed by atoms with Gasteiger partial charge in [0.05, 0.1) is 6.61 Å². The van der Waals surface area contributed by atoms with Gasteiger partial charge in [-0.3, -0.25) is 4.79 Å². The first-order valence-electron chi connectivity index (χ1n) is 7.01. The van der Waals surface area contributed by atoms with Gasteiger partial charge in [0.1, 0.15) is 12.4 Å². The predicted molar refractivity (Wildman–Crippen MR) is 82.8 cm³/mol. The van der Waals surface area contributed by atoms with Crippen LogP contribution in [0.1, 0.15) is 12.5 Å². The molecule has 0 bridgehead atoms. The van der Waals surface area contributed by atoms with E-state index in [-0.39, 0.29) is 38.3 Å². The Morgan fingerprint density at radius 1 is 1.23 bits per heavy atom. The van der Waals surface area contributed by atoms with Crippen LogP contribution in [0.15, 0.2) is 35.1 Å². The molecule has 0 N–H and O–H groups in total. The Morgan fingerprint density at radius 3 is 2.64 bits per heavy atom. The van der Waals surface area contributed by atoms with E-state index in [9.17, 15) is 4.79 Å². The van der Waals surface area contributed by atoms with Crippen LogP contribution in [0, 0.1) is 13.0 Å². The van der Waals surface area contributed by atoms with Crippen LogP contribution < -0.4 is 10.3 Å². The fraction of sp³-hybridized carbons (Fsp3) is 0.353. The number of aromatic nitrogens is 1. The number of rotatable bonds is 6. The van der Waals surface area contributed by atoms with E-state index in [4.69, 9.17) is 9.47 Å². The summed E-state index contributed by atoms with van der Waals surface area (Å²) in [7, 11) is 1.65. The van der Waals surface area contributed by atoms with E-state index in [0.29, 0.717) is 19.8 Å². The van der Waals surface area contributed by atoms with E-state index in [0.717, 1.165) is 22.6 Å². The first kappa shape index (κ1) is 19.1. The van der Waals surface area contributed by atoms with E-state index in [1.807, 2.05) is 32.0 Å².